The number of hydrogen-bond acceptors (Lipinski definition) is 7. The molecule has 0 aromatic heterocycles. The standard InChI is InChI=1S/C18H25N3O6/c1-17(2,3)27-16(25)21-13(10-26-18(21,4)5)15(24)20-19-9-11-8-12(22)6-7-14(11)23/h6-9,13,22-23H,10H2,1-5H3,(H,20,24)/b19-9+. The number of phenols is 2. The molecule has 0 aliphatic carbocycles. The molecule has 1 aromatic carbocycles. The molecule has 2 rings (SSSR count). The predicted molar refractivity (Wildman–Crippen MR) is 97.4 cm³/mol. The maximum absolute atomic E-state index is 12.5. The van der Waals surface area contributed by atoms with Crippen molar-refractivity contribution in [2.45, 2.75) is 52.0 Å². The van der Waals surface area contributed by atoms with Gasteiger partial charge in [-0.05, 0) is 52.8 Å². The fraction of sp³-hybridized carbons (Fsp3) is 0.500. The number of aromatic hydroxyl groups is 2. The molecule has 1 aromatic rings. The second-order valence-corrected chi connectivity index (χ2v) is 7.60. The van der Waals surface area contributed by atoms with E-state index in [0.29, 0.717) is 0 Å². The number of nitrogens with one attached hydrogen (secondary N) is 1. The summed E-state index contributed by atoms with van der Waals surface area (Å²) >= 11 is 0. The van der Waals surface area contributed by atoms with Crippen LogP contribution >= 0.6 is 0 Å². The van der Waals surface area contributed by atoms with Crippen LogP contribution < -0.4 is 5.43 Å². The number of amides is 2. The maximum atomic E-state index is 12.5. The van der Waals surface area contributed by atoms with Crippen LogP contribution in [0.2, 0.25) is 0 Å². The first kappa shape index (κ1) is 20.5. The van der Waals surface area contributed by atoms with Crippen LogP contribution in [-0.4, -0.2) is 57.3 Å². The zero-order valence-electron chi connectivity index (χ0n) is 16.0. The van der Waals surface area contributed by atoms with Crippen LogP contribution in [0.5, 0.6) is 11.5 Å². The quantitative estimate of drug-likeness (QED) is 0.419. The number of hydrogen-bond donors (Lipinski definition) is 3. The Morgan fingerprint density at radius 1 is 1.37 bits per heavy atom. The molecule has 0 saturated carbocycles. The highest BCUT2D eigenvalue weighted by molar-refractivity contribution is 5.89. The molecule has 1 fully saturated rings. The van der Waals surface area contributed by atoms with Crippen molar-refractivity contribution in [1.29, 1.82) is 0 Å². The van der Waals surface area contributed by atoms with E-state index in [1.807, 2.05) is 0 Å². The molecular formula is C18H25N3O6. The molecule has 0 radical (unpaired) electrons. The third kappa shape index (κ3) is 5.10. The van der Waals surface area contributed by atoms with Gasteiger partial charge in [-0.2, -0.15) is 5.10 Å². The minimum Gasteiger partial charge on any atom is -0.508 e. The van der Waals surface area contributed by atoms with E-state index in [9.17, 15) is 19.8 Å². The third-order valence-corrected chi connectivity index (χ3v) is 3.77. The number of rotatable bonds is 3. The van der Waals surface area contributed by atoms with Gasteiger partial charge in [0.2, 0.25) is 0 Å². The molecule has 3 N–H and O–H groups in total. The average molecular weight is 379 g/mol. The summed E-state index contributed by atoms with van der Waals surface area (Å²) in [5.74, 6) is -0.725. The number of phenolic OH excluding ortho intramolecular Hbond substituents is 2. The van der Waals surface area contributed by atoms with Crippen LogP contribution in [0.15, 0.2) is 23.3 Å². The van der Waals surface area contributed by atoms with Gasteiger partial charge in [0, 0.05) is 5.56 Å². The molecule has 27 heavy (non-hydrogen) atoms. The molecule has 9 heteroatoms. The Morgan fingerprint density at radius 3 is 2.67 bits per heavy atom. The SMILES string of the molecule is CC(C)(C)OC(=O)N1C(C(=O)N/N=C/c2cc(O)ccc2O)COC1(C)C. The summed E-state index contributed by atoms with van der Waals surface area (Å²) in [7, 11) is 0. The first-order chi connectivity index (χ1) is 12.4. The molecule has 1 heterocycles. The fourth-order valence-electron chi connectivity index (χ4n) is 2.54. The van der Waals surface area contributed by atoms with Crippen LogP contribution in [-0.2, 0) is 14.3 Å². The van der Waals surface area contributed by atoms with E-state index in [4.69, 9.17) is 9.47 Å². The smallest absolute Gasteiger partial charge is 0.413 e. The molecule has 2 amide bonds. The normalized spacial score (nSPS) is 19.3. The molecule has 1 aliphatic heterocycles. The molecular weight excluding hydrogens is 354 g/mol. The van der Waals surface area contributed by atoms with E-state index in [1.54, 1.807) is 34.6 Å². The van der Waals surface area contributed by atoms with Crippen molar-refractivity contribution in [3.8, 4) is 11.5 Å². The number of benzene rings is 1. The second kappa shape index (κ2) is 7.43. The minimum atomic E-state index is -1.02. The van der Waals surface area contributed by atoms with Gasteiger partial charge in [0.15, 0.2) is 0 Å². The molecule has 1 unspecified atom stereocenters. The zero-order chi connectivity index (χ0) is 20.4. The summed E-state index contributed by atoms with van der Waals surface area (Å²) < 4.78 is 10.9. The van der Waals surface area contributed by atoms with E-state index in [0.717, 1.165) is 0 Å². The Bertz CT molecular complexity index is 754. The Hall–Kier alpha value is -2.81. The number of nitrogens with zero attached hydrogens (tertiary/aromatic N) is 2. The fourth-order valence-corrected chi connectivity index (χ4v) is 2.54. The average Bonchev–Trinajstić information content (AvgIpc) is 2.84. The van der Waals surface area contributed by atoms with Crippen molar-refractivity contribution in [3.63, 3.8) is 0 Å². The van der Waals surface area contributed by atoms with Crippen LogP contribution in [0.3, 0.4) is 0 Å². The van der Waals surface area contributed by atoms with Crippen molar-refractivity contribution in [2.24, 2.45) is 5.10 Å². The van der Waals surface area contributed by atoms with Crippen molar-refractivity contribution in [1.82, 2.24) is 10.3 Å². The molecule has 0 bridgehead atoms. The van der Waals surface area contributed by atoms with Crippen molar-refractivity contribution in [2.75, 3.05) is 6.61 Å². The topological polar surface area (TPSA) is 121 Å². The zero-order valence-corrected chi connectivity index (χ0v) is 16.0. The summed E-state index contributed by atoms with van der Waals surface area (Å²) in [6.07, 6.45) is 0.519. The lowest BCUT2D eigenvalue weighted by molar-refractivity contribution is -0.126. The maximum Gasteiger partial charge on any atom is 0.413 e. The monoisotopic (exact) mass is 379 g/mol. The van der Waals surface area contributed by atoms with Gasteiger partial charge in [-0.3, -0.25) is 9.69 Å². The number of ether oxygens (including phenoxy) is 2. The van der Waals surface area contributed by atoms with Crippen molar-refractivity contribution < 1.29 is 29.3 Å². The molecule has 1 atom stereocenters. The molecule has 1 aliphatic rings. The second-order valence-electron chi connectivity index (χ2n) is 7.60. The lowest BCUT2D eigenvalue weighted by Crippen LogP contribution is -2.54. The largest absolute Gasteiger partial charge is 0.508 e. The lowest BCUT2D eigenvalue weighted by atomic mass is 10.2. The van der Waals surface area contributed by atoms with Gasteiger partial charge in [0.1, 0.15) is 28.9 Å². The number of carbonyl (C=O) groups excluding carboxylic acids is 2. The first-order valence-corrected chi connectivity index (χ1v) is 8.42. The van der Waals surface area contributed by atoms with E-state index < -0.39 is 29.4 Å². The van der Waals surface area contributed by atoms with Gasteiger partial charge < -0.3 is 19.7 Å². The van der Waals surface area contributed by atoms with Crippen LogP contribution in [0, 0.1) is 0 Å². The summed E-state index contributed by atoms with van der Waals surface area (Å²) in [6, 6.07) is 2.99. The van der Waals surface area contributed by atoms with Gasteiger partial charge in [-0.15, -0.1) is 0 Å². The molecule has 1 saturated heterocycles. The van der Waals surface area contributed by atoms with E-state index in [1.165, 1.54) is 29.3 Å². The highest BCUT2D eigenvalue weighted by atomic mass is 16.6. The summed E-state index contributed by atoms with van der Waals surface area (Å²) in [4.78, 5) is 26.2. The Balaban J connectivity index is 2.10. The number of hydrazone groups is 1. The van der Waals surface area contributed by atoms with Crippen molar-refractivity contribution >= 4 is 18.2 Å². The first-order valence-electron chi connectivity index (χ1n) is 8.42. The van der Waals surface area contributed by atoms with Crippen LogP contribution in [0.25, 0.3) is 0 Å². The van der Waals surface area contributed by atoms with Gasteiger partial charge in [-0.1, -0.05) is 0 Å². The summed E-state index contributed by atoms with van der Waals surface area (Å²) in [5, 5.41) is 22.9. The van der Waals surface area contributed by atoms with Gasteiger partial charge in [0.25, 0.3) is 5.91 Å². The Kier molecular flexibility index (Phi) is 5.65. The van der Waals surface area contributed by atoms with Gasteiger partial charge >= 0.3 is 6.09 Å². The predicted octanol–water partition coefficient (Wildman–Crippen LogP) is 1.92. The van der Waals surface area contributed by atoms with Crippen LogP contribution in [0.1, 0.15) is 40.2 Å². The van der Waals surface area contributed by atoms with Gasteiger partial charge in [-0.25, -0.2) is 10.2 Å². The Labute approximate surface area is 157 Å². The van der Waals surface area contributed by atoms with Crippen LogP contribution in [0.4, 0.5) is 4.79 Å². The van der Waals surface area contributed by atoms with E-state index in [2.05, 4.69) is 10.5 Å². The molecule has 148 valence electrons. The van der Waals surface area contributed by atoms with E-state index in [-0.39, 0.29) is 23.7 Å². The highest BCUT2D eigenvalue weighted by Crippen LogP contribution is 2.29. The van der Waals surface area contributed by atoms with Gasteiger partial charge in [0.05, 0.1) is 12.8 Å². The van der Waals surface area contributed by atoms with Crippen molar-refractivity contribution in [3.05, 3.63) is 23.8 Å². The summed E-state index contributed by atoms with van der Waals surface area (Å²) in [5.41, 5.74) is 0.801. The Morgan fingerprint density at radius 2 is 2.04 bits per heavy atom. The highest BCUT2D eigenvalue weighted by Gasteiger charge is 2.48. The third-order valence-electron chi connectivity index (χ3n) is 3.77. The molecule has 9 nitrogen and oxygen atoms in total. The van der Waals surface area contributed by atoms with E-state index >= 15 is 0 Å². The minimum absolute atomic E-state index is 0.00896. The molecule has 0 spiro atoms. The number of carbonyl (C=O) groups is 2. The lowest BCUT2D eigenvalue weighted by Gasteiger charge is -2.34. The summed E-state index contributed by atoms with van der Waals surface area (Å²) in [6.45, 7) is 8.52.